The molecule has 2 heterocycles. The molecule has 4 heteroatoms. The molecule has 2 aromatic rings. The van der Waals surface area contributed by atoms with Crippen LogP contribution in [0.15, 0.2) is 28.7 Å². The highest BCUT2D eigenvalue weighted by molar-refractivity contribution is 5.72. The smallest absolute Gasteiger partial charge is 0.196 e. The van der Waals surface area contributed by atoms with E-state index in [1.165, 1.54) is 32.5 Å². The number of nitrogens with zero attached hydrogens (tertiary/aromatic N) is 2. The van der Waals surface area contributed by atoms with Crippen molar-refractivity contribution in [2.75, 3.05) is 26.2 Å². The summed E-state index contributed by atoms with van der Waals surface area (Å²) in [5.74, 6) is 0.838. The van der Waals surface area contributed by atoms with Gasteiger partial charge in [-0.15, -0.1) is 0 Å². The summed E-state index contributed by atoms with van der Waals surface area (Å²) in [6.45, 7) is 6.80. The first-order valence-electron chi connectivity index (χ1n) is 7.65. The topological polar surface area (TPSA) is 41.3 Å². The largest absolute Gasteiger partial charge is 0.441 e. The van der Waals surface area contributed by atoms with Crippen LogP contribution in [-0.4, -0.2) is 42.1 Å². The number of piperidine rings is 1. The number of para-hydroxylation sites is 2. The van der Waals surface area contributed by atoms with Gasteiger partial charge >= 0.3 is 0 Å². The normalized spacial score (nSPS) is 17.9. The summed E-state index contributed by atoms with van der Waals surface area (Å²) in [4.78, 5) is 7.02. The molecule has 0 spiro atoms. The van der Waals surface area contributed by atoms with E-state index in [1.54, 1.807) is 0 Å². The van der Waals surface area contributed by atoms with Crippen LogP contribution < -0.4 is 5.32 Å². The number of nitrogens with one attached hydrogen (secondary N) is 1. The lowest BCUT2D eigenvalue weighted by molar-refractivity contribution is 0.206. The third-order valence-electron chi connectivity index (χ3n) is 4.14. The Bertz CT molecular complexity index is 510. The standard InChI is InChI=1S/C16H23N3O/c1-2-19-11-8-13(9-12-19)17-10-7-16-18-14-5-3-4-6-15(14)20-16/h3-6,13,17H,2,7-12H2,1H3. The number of likely N-dealkylation sites (tertiary alicyclic amines) is 1. The number of oxazole rings is 1. The van der Waals surface area contributed by atoms with E-state index in [2.05, 4.69) is 22.1 Å². The zero-order valence-electron chi connectivity index (χ0n) is 12.1. The molecule has 4 nitrogen and oxygen atoms in total. The molecule has 0 atom stereocenters. The number of aromatic nitrogens is 1. The van der Waals surface area contributed by atoms with Crippen LogP contribution in [0.2, 0.25) is 0 Å². The molecular weight excluding hydrogens is 250 g/mol. The van der Waals surface area contributed by atoms with E-state index in [-0.39, 0.29) is 0 Å². The quantitative estimate of drug-likeness (QED) is 0.908. The monoisotopic (exact) mass is 273 g/mol. The van der Waals surface area contributed by atoms with Crippen LogP contribution in [-0.2, 0) is 6.42 Å². The molecule has 1 aliphatic heterocycles. The molecule has 1 aromatic heterocycles. The maximum absolute atomic E-state index is 5.73. The van der Waals surface area contributed by atoms with E-state index in [1.807, 2.05) is 24.3 Å². The Hall–Kier alpha value is -1.39. The first-order chi connectivity index (χ1) is 9.85. The third-order valence-corrected chi connectivity index (χ3v) is 4.14. The highest BCUT2D eigenvalue weighted by Crippen LogP contribution is 2.15. The van der Waals surface area contributed by atoms with Crippen molar-refractivity contribution in [2.24, 2.45) is 0 Å². The Morgan fingerprint density at radius 3 is 2.85 bits per heavy atom. The van der Waals surface area contributed by atoms with Crippen LogP contribution in [0.3, 0.4) is 0 Å². The number of hydrogen-bond donors (Lipinski definition) is 1. The maximum Gasteiger partial charge on any atom is 0.196 e. The Balaban J connectivity index is 1.46. The zero-order valence-corrected chi connectivity index (χ0v) is 12.1. The van der Waals surface area contributed by atoms with Gasteiger partial charge in [-0.25, -0.2) is 4.98 Å². The van der Waals surface area contributed by atoms with Gasteiger partial charge < -0.3 is 14.6 Å². The predicted octanol–water partition coefficient (Wildman–Crippen LogP) is 2.44. The molecular formula is C16H23N3O. The number of hydrogen-bond acceptors (Lipinski definition) is 4. The van der Waals surface area contributed by atoms with Crippen LogP contribution >= 0.6 is 0 Å². The minimum atomic E-state index is 0.655. The van der Waals surface area contributed by atoms with E-state index in [0.717, 1.165) is 30.0 Å². The lowest BCUT2D eigenvalue weighted by Crippen LogP contribution is -2.42. The van der Waals surface area contributed by atoms with Crippen molar-refractivity contribution in [3.8, 4) is 0 Å². The van der Waals surface area contributed by atoms with E-state index >= 15 is 0 Å². The van der Waals surface area contributed by atoms with Crippen LogP contribution in [0.1, 0.15) is 25.7 Å². The molecule has 1 N–H and O–H groups in total. The van der Waals surface area contributed by atoms with Crippen molar-refractivity contribution < 1.29 is 4.42 Å². The van der Waals surface area contributed by atoms with Gasteiger partial charge in [0, 0.05) is 19.0 Å². The molecule has 0 bridgehead atoms. The molecule has 1 fully saturated rings. The van der Waals surface area contributed by atoms with Gasteiger partial charge in [-0.2, -0.15) is 0 Å². The van der Waals surface area contributed by atoms with Gasteiger partial charge in [-0.05, 0) is 44.6 Å². The summed E-state index contributed by atoms with van der Waals surface area (Å²) < 4.78 is 5.73. The highest BCUT2D eigenvalue weighted by Gasteiger charge is 2.17. The van der Waals surface area contributed by atoms with Crippen molar-refractivity contribution in [1.29, 1.82) is 0 Å². The van der Waals surface area contributed by atoms with E-state index in [4.69, 9.17) is 4.42 Å². The predicted molar refractivity (Wildman–Crippen MR) is 80.9 cm³/mol. The highest BCUT2D eigenvalue weighted by atomic mass is 16.3. The number of rotatable bonds is 5. The van der Waals surface area contributed by atoms with Crippen LogP contribution in [0.5, 0.6) is 0 Å². The van der Waals surface area contributed by atoms with Crippen molar-refractivity contribution >= 4 is 11.1 Å². The van der Waals surface area contributed by atoms with Crippen LogP contribution in [0, 0.1) is 0 Å². The zero-order chi connectivity index (χ0) is 13.8. The first kappa shape index (κ1) is 13.6. The summed E-state index contributed by atoms with van der Waals surface area (Å²) in [6, 6.07) is 8.60. The second kappa shape index (κ2) is 6.37. The average Bonchev–Trinajstić information content (AvgIpc) is 2.90. The number of benzene rings is 1. The molecule has 1 saturated heterocycles. The van der Waals surface area contributed by atoms with Crippen molar-refractivity contribution in [3.63, 3.8) is 0 Å². The molecule has 20 heavy (non-hydrogen) atoms. The molecule has 3 rings (SSSR count). The molecule has 0 unspecified atom stereocenters. The minimum Gasteiger partial charge on any atom is -0.441 e. The fraction of sp³-hybridized carbons (Fsp3) is 0.562. The maximum atomic E-state index is 5.73. The molecule has 1 aliphatic rings. The van der Waals surface area contributed by atoms with Crippen LogP contribution in [0.4, 0.5) is 0 Å². The Kier molecular flexibility index (Phi) is 4.33. The van der Waals surface area contributed by atoms with Crippen molar-refractivity contribution in [3.05, 3.63) is 30.2 Å². The lowest BCUT2D eigenvalue weighted by atomic mass is 10.1. The summed E-state index contributed by atoms with van der Waals surface area (Å²) >= 11 is 0. The third kappa shape index (κ3) is 3.19. The second-order valence-corrected chi connectivity index (χ2v) is 5.49. The number of fused-ring (bicyclic) bond motifs is 1. The van der Waals surface area contributed by atoms with E-state index in [9.17, 15) is 0 Å². The molecule has 108 valence electrons. The first-order valence-corrected chi connectivity index (χ1v) is 7.65. The van der Waals surface area contributed by atoms with Gasteiger partial charge in [0.1, 0.15) is 5.52 Å². The van der Waals surface area contributed by atoms with Crippen LogP contribution in [0.25, 0.3) is 11.1 Å². The molecule has 1 aromatic carbocycles. The van der Waals surface area contributed by atoms with E-state index in [0.29, 0.717) is 6.04 Å². The molecule has 0 amide bonds. The molecule has 0 radical (unpaired) electrons. The van der Waals surface area contributed by atoms with Gasteiger partial charge in [-0.3, -0.25) is 0 Å². The summed E-state index contributed by atoms with van der Waals surface area (Å²) in [6.07, 6.45) is 3.37. The Labute approximate surface area is 120 Å². The van der Waals surface area contributed by atoms with Gasteiger partial charge in [0.05, 0.1) is 0 Å². The molecule has 0 saturated carbocycles. The van der Waals surface area contributed by atoms with Gasteiger partial charge in [-0.1, -0.05) is 19.1 Å². The second-order valence-electron chi connectivity index (χ2n) is 5.49. The fourth-order valence-electron chi connectivity index (χ4n) is 2.86. The van der Waals surface area contributed by atoms with Gasteiger partial charge in [0.2, 0.25) is 0 Å². The fourth-order valence-corrected chi connectivity index (χ4v) is 2.86. The molecule has 0 aliphatic carbocycles. The van der Waals surface area contributed by atoms with Gasteiger partial charge in [0.15, 0.2) is 11.5 Å². The summed E-state index contributed by atoms with van der Waals surface area (Å²) in [5.41, 5.74) is 1.84. The summed E-state index contributed by atoms with van der Waals surface area (Å²) in [7, 11) is 0. The Morgan fingerprint density at radius 2 is 2.10 bits per heavy atom. The average molecular weight is 273 g/mol. The lowest BCUT2D eigenvalue weighted by Gasteiger charge is -2.31. The Morgan fingerprint density at radius 1 is 1.30 bits per heavy atom. The minimum absolute atomic E-state index is 0.655. The van der Waals surface area contributed by atoms with Crippen molar-refractivity contribution in [2.45, 2.75) is 32.2 Å². The SMILES string of the molecule is CCN1CCC(NCCc2nc3ccccc3o2)CC1. The van der Waals surface area contributed by atoms with Crippen molar-refractivity contribution in [1.82, 2.24) is 15.2 Å². The van der Waals surface area contributed by atoms with Gasteiger partial charge in [0.25, 0.3) is 0 Å². The summed E-state index contributed by atoms with van der Waals surface area (Å²) in [5, 5.41) is 3.63. The van der Waals surface area contributed by atoms with E-state index < -0.39 is 0 Å².